The third-order valence-electron chi connectivity index (χ3n) is 12.0. The van der Waals surface area contributed by atoms with Gasteiger partial charge in [-0.2, -0.15) is 0 Å². The first-order valence-corrected chi connectivity index (χ1v) is 20.5. The van der Waals surface area contributed by atoms with E-state index in [9.17, 15) is 61.3 Å². The van der Waals surface area contributed by atoms with E-state index in [1.807, 2.05) is 0 Å². The summed E-state index contributed by atoms with van der Waals surface area (Å²) >= 11 is 0. The number of aliphatic hydroxyl groups excluding tert-OH is 12. The van der Waals surface area contributed by atoms with Crippen LogP contribution in [0.15, 0.2) is 0 Å². The van der Waals surface area contributed by atoms with E-state index in [2.05, 4.69) is 0 Å². The van der Waals surface area contributed by atoms with Crippen LogP contribution in [0, 0.1) is 0 Å². The summed E-state index contributed by atoms with van der Waals surface area (Å²) in [5.74, 6) is 0. The van der Waals surface area contributed by atoms with Crippen LogP contribution in [0.3, 0.4) is 0 Å². The highest BCUT2D eigenvalue weighted by atomic mass is 35.5. The van der Waals surface area contributed by atoms with Gasteiger partial charge in [0.1, 0.15) is 73.2 Å². The molecule has 12 N–H and O–H groups in total. The van der Waals surface area contributed by atoms with E-state index < -0.39 is 187 Å². The van der Waals surface area contributed by atoms with Gasteiger partial charge in [0.2, 0.25) is 0 Å². The molecule has 0 aliphatic carbocycles. The van der Waals surface area contributed by atoms with Gasteiger partial charge in [-0.25, -0.2) is 0 Å². The first-order chi connectivity index (χ1) is 28.9. The average Bonchev–Trinajstić information content (AvgIpc) is 3.22. The molecule has 22 aliphatic rings. The minimum atomic E-state index is -1.41. The third-order valence-corrected chi connectivity index (χ3v) is 12.0. The Morgan fingerprint density at radius 3 is 0.455 bits per heavy atom. The summed E-state index contributed by atoms with van der Waals surface area (Å²) in [6.07, 6.45) is -31.3. The second-order valence-electron chi connectivity index (χ2n) is 16.2. The van der Waals surface area contributed by atoms with Crippen molar-refractivity contribution in [1.82, 2.24) is 0 Å². The molecule has 396 valence electrons. The fourth-order valence-electron chi connectivity index (χ4n) is 8.70. The number of hydrogen-bond acceptors (Lipinski definition) is 24. The van der Waals surface area contributed by atoms with Crippen molar-refractivity contribution in [2.45, 2.75) is 186 Å². The van der Waals surface area contributed by atoms with Crippen LogP contribution in [0.2, 0.25) is 0 Å². The lowest BCUT2D eigenvalue weighted by Gasteiger charge is -2.47. The SMILES string of the molecule is Cl.Cl.Cl.Cl.Cl.Cl.OC[C@H]1O[C@H]2O[C@H]3C[C@@H](O)[C@H](O[C@H]4C[C@@H](O)[C@H](O[C@H]5C[C@@H](O)[C@H](O[C@H]6C[C@@H](O)[C@H](O[C@H]7C[C@@H](O)[C@H](O[C@H]1C[C@H]2O)O[C@@H]7CO)O[C@@H]6CO)O[C@@H]5CO)O[C@@H]4CO)O[C@@H]3CO. The zero-order chi connectivity index (χ0) is 42.8. The maximum atomic E-state index is 11.1. The van der Waals surface area contributed by atoms with Crippen molar-refractivity contribution in [3.05, 3.63) is 0 Å². The number of halogens is 6. The van der Waals surface area contributed by atoms with Gasteiger partial charge in [-0.1, -0.05) is 0 Å². The Morgan fingerprint density at radius 1 is 0.227 bits per heavy atom. The molecule has 12 bridgehead atoms. The molecule has 24 nitrogen and oxygen atoms in total. The normalized spacial score (nSPS) is 47.5. The zero-order valence-electron chi connectivity index (χ0n) is 35.1. The standard InChI is InChI=1S/C36H60O24.6ClH/c37-7-25-19-1-13(43)31(55-25)50-20-3-15(45)33(57-26(20)8-38)52-22-5-17(47)35(59-28(22)10-40)54-24-6-18(48)36(60-30(24)12-42)53-23-4-16(46)34(58-29(23)11-41)51-21-2-14(44)32(49-19)56-27(21)9-39;;;;;;/h13-48H,1-12H2;6*1H/t13-,14-,15-,16-,17-,18-,19+,20+,21+,22+,23+,24+,25-,26-,27-,28-,29-,30-,31-,32-,33-,34-,35-,36-;;;;;;/m1....../s1. The molecule has 0 spiro atoms. The van der Waals surface area contributed by atoms with E-state index in [4.69, 9.17) is 56.8 Å². The zero-order valence-corrected chi connectivity index (χ0v) is 40.0. The van der Waals surface area contributed by atoms with Crippen molar-refractivity contribution in [3.63, 3.8) is 0 Å². The van der Waals surface area contributed by atoms with E-state index >= 15 is 0 Å². The molecule has 22 fully saturated rings. The Kier molecular flexibility index (Phi) is 28.9. The van der Waals surface area contributed by atoms with E-state index in [1.54, 1.807) is 0 Å². The molecule has 0 unspecified atom stereocenters. The molecule has 22 aliphatic heterocycles. The molecule has 66 heavy (non-hydrogen) atoms. The summed E-state index contributed by atoms with van der Waals surface area (Å²) in [5.41, 5.74) is 0. The monoisotopic (exact) mass is 1090 g/mol. The Morgan fingerprint density at radius 2 is 0.348 bits per heavy atom. The van der Waals surface area contributed by atoms with Crippen molar-refractivity contribution in [1.29, 1.82) is 0 Å². The first kappa shape index (κ1) is 64.8. The van der Waals surface area contributed by atoms with Crippen LogP contribution in [0.25, 0.3) is 0 Å². The van der Waals surface area contributed by atoms with E-state index in [0.717, 1.165) is 0 Å². The molecule has 22 heterocycles. The third kappa shape index (κ3) is 14.9. The molecular formula is C36H66Cl6O24. The summed E-state index contributed by atoms with van der Waals surface area (Å²) < 4.78 is 71.0. The second kappa shape index (κ2) is 29.5. The fourth-order valence-corrected chi connectivity index (χ4v) is 8.70. The van der Waals surface area contributed by atoms with Crippen LogP contribution in [0.4, 0.5) is 0 Å². The first-order valence-electron chi connectivity index (χ1n) is 20.5. The highest BCUT2D eigenvalue weighted by Crippen LogP contribution is 2.37. The molecule has 22 saturated heterocycles. The van der Waals surface area contributed by atoms with Crippen LogP contribution in [-0.4, -0.2) is 249 Å². The second-order valence-corrected chi connectivity index (χ2v) is 16.2. The average molecular weight is 1100 g/mol. The summed E-state index contributed by atoms with van der Waals surface area (Å²) in [4.78, 5) is 0. The molecule has 30 heteroatoms. The molecule has 0 radical (unpaired) electrons. The smallest absolute Gasteiger partial charge is 0.184 e. The van der Waals surface area contributed by atoms with E-state index in [1.165, 1.54) is 0 Å². The lowest BCUT2D eigenvalue weighted by Crippen LogP contribution is -2.60. The van der Waals surface area contributed by atoms with Crippen molar-refractivity contribution in [2.75, 3.05) is 39.6 Å². The van der Waals surface area contributed by atoms with Gasteiger partial charge in [-0.15, -0.1) is 74.4 Å². The van der Waals surface area contributed by atoms with Gasteiger partial charge in [0.05, 0.1) is 76.3 Å². The van der Waals surface area contributed by atoms with E-state index in [0.29, 0.717) is 0 Å². The van der Waals surface area contributed by atoms with Gasteiger partial charge >= 0.3 is 0 Å². The van der Waals surface area contributed by atoms with Crippen molar-refractivity contribution in [2.24, 2.45) is 0 Å². The molecule has 0 saturated carbocycles. The summed E-state index contributed by atoms with van der Waals surface area (Å²) in [5, 5.41) is 128. The largest absolute Gasteiger partial charge is 0.394 e. The van der Waals surface area contributed by atoms with Crippen molar-refractivity contribution < 1.29 is 118 Å². The lowest BCUT2D eigenvalue weighted by atomic mass is 9.98. The maximum Gasteiger partial charge on any atom is 0.184 e. The Bertz CT molecular complexity index is 1100. The molecule has 0 amide bonds. The number of hydrogen-bond donors (Lipinski definition) is 12. The summed E-state index contributed by atoms with van der Waals surface area (Å²) in [6.45, 7) is -3.79. The summed E-state index contributed by atoms with van der Waals surface area (Å²) in [7, 11) is 0. The number of rotatable bonds is 6. The predicted molar refractivity (Wildman–Crippen MR) is 231 cm³/mol. The van der Waals surface area contributed by atoms with Crippen LogP contribution in [0.5, 0.6) is 0 Å². The Hall–Kier alpha value is 0.780. The molecule has 0 aromatic rings. The molecule has 22 rings (SSSR count). The quantitative estimate of drug-likeness (QED) is 0.120. The van der Waals surface area contributed by atoms with Gasteiger partial charge in [-0.05, 0) is 0 Å². The molecule has 24 atom stereocenters. The topological polar surface area (TPSA) is 354 Å². The van der Waals surface area contributed by atoms with Gasteiger partial charge < -0.3 is 118 Å². The lowest BCUT2D eigenvalue weighted by molar-refractivity contribution is -0.373. The van der Waals surface area contributed by atoms with E-state index in [-0.39, 0.29) is 113 Å². The van der Waals surface area contributed by atoms with Crippen LogP contribution >= 0.6 is 74.4 Å². The van der Waals surface area contributed by atoms with Gasteiger partial charge in [-0.3, -0.25) is 0 Å². The summed E-state index contributed by atoms with van der Waals surface area (Å²) in [6, 6.07) is 0. The van der Waals surface area contributed by atoms with Crippen molar-refractivity contribution >= 4 is 74.4 Å². The highest BCUT2D eigenvalue weighted by Gasteiger charge is 2.51. The number of ether oxygens (including phenoxy) is 12. The molecule has 0 aromatic carbocycles. The predicted octanol–water partition coefficient (Wildman–Crippen LogP) is -4.35. The van der Waals surface area contributed by atoms with Gasteiger partial charge in [0, 0.05) is 38.5 Å². The highest BCUT2D eigenvalue weighted by molar-refractivity contribution is 5.86. The van der Waals surface area contributed by atoms with Crippen LogP contribution in [-0.2, 0) is 56.8 Å². The number of aliphatic hydroxyl groups is 12. The van der Waals surface area contributed by atoms with Crippen LogP contribution < -0.4 is 0 Å². The van der Waals surface area contributed by atoms with Gasteiger partial charge in [0.15, 0.2) is 37.7 Å². The minimum absolute atomic E-state index is 0. The van der Waals surface area contributed by atoms with Gasteiger partial charge in [0.25, 0.3) is 0 Å². The Balaban J connectivity index is 0.00000363. The van der Waals surface area contributed by atoms with Crippen LogP contribution in [0.1, 0.15) is 38.5 Å². The van der Waals surface area contributed by atoms with Crippen molar-refractivity contribution in [3.8, 4) is 0 Å². The Labute approximate surface area is 416 Å². The molecular weight excluding hydrogens is 1030 g/mol. The maximum absolute atomic E-state index is 11.1. The minimum Gasteiger partial charge on any atom is -0.394 e. The molecule has 0 aromatic heterocycles. The fraction of sp³-hybridized carbons (Fsp3) is 1.00.